The van der Waals surface area contributed by atoms with E-state index < -0.39 is 0 Å². The highest BCUT2D eigenvalue weighted by Gasteiger charge is 2.24. The van der Waals surface area contributed by atoms with Crippen molar-refractivity contribution in [2.45, 2.75) is 38.3 Å². The first kappa shape index (κ1) is 15.0. The van der Waals surface area contributed by atoms with Gasteiger partial charge in [0.05, 0.1) is 6.04 Å². The van der Waals surface area contributed by atoms with Crippen molar-refractivity contribution in [3.63, 3.8) is 0 Å². The van der Waals surface area contributed by atoms with Crippen LogP contribution in [0.25, 0.3) is 0 Å². The number of carbonyl (C=O) groups excluding carboxylic acids is 1. The summed E-state index contributed by atoms with van der Waals surface area (Å²) in [7, 11) is 0. The molecule has 2 fully saturated rings. The Morgan fingerprint density at radius 2 is 2.38 bits per heavy atom. The average Bonchev–Trinajstić information content (AvgIpc) is 3.18. The standard InChI is InChI=1S/C16H25N3OS/c20-16(15-4-1-6-17-15)18-9-13-3-2-7-19(10-13)11-14-5-8-21-12-14/h5,8,12-13,15,17H,1-4,6-7,9-11H2,(H,18,20). The second-order valence-electron chi connectivity index (χ2n) is 6.27. The third-order valence-electron chi connectivity index (χ3n) is 4.53. The Morgan fingerprint density at radius 3 is 3.14 bits per heavy atom. The molecule has 0 radical (unpaired) electrons. The van der Waals surface area contributed by atoms with Crippen LogP contribution in [0, 0.1) is 5.92 Å². The normalized spacial score (nSPS) is 26.9. The molecule has 2 unspecified atom stereocenters. The molecule has 2 aliphatic rings. The van der Waals surface area contributed by atoms with Gasteiger partial charge < -0.3 is 10.6 Å². The van der Waals surface area contributed by atoms with E-state index in [-0.39, 0.29) is 11.9 Å². The van der Waals surface area contributed by atoms with E-state index in [0.29, 0.717) is 5.92 Å². The number of nitrogens with zero attached hydrogens (tertiary/aromatic N) is 1. The van der Waals surface area contributed by atoms with Crippen molar-refractivity contribution in [3.05, 3.63) is 22.4 Å². The zero-order valence-corrected chi connectivity index (χ0v) is 13.3. The van der Waals surface area contributed by atoms with E-state index in [1.807, 2.05) is 0 Å². The largest absolute Gasteiger partial charge is 0.354 e. The lowest BCUT2D eigenvalue weighted by molar-refractivity contribution is -0.123. The minimum absolute atomic E-state index is 0.0514. The number of carbonyl (C=O) groups is 1. The summed E-state index contributed by atoms with van der Waals surface area (Å²) < 4.78 is 0. The van der Waals surface area contributed by atoms with Gasteiger partial charge in [-0.25, -0.2) is 0 Å². The van der Waals surface area contributed by atoms with E-state index in [9.17, 15) is 4.79 Å². The van der Waals surface area contributed by atoms with Crippen LogP contribution in [0.4, 0.5) is 0 Å². The molecule has 3 heterocycles. The summed E-state index contributed by atoms with van der Waals surface area (Å²) in [6.07, 6.45) is 4.58. The van der Waals surface area contributed by atoms with Gasteiger partial charge in [-0.15, -0.1) is 0 Å². The lowest BCUT2D eigenvalue weighted by Crippen LogP contribution is -2.45. The third kappa shape index (κ3) is 4.28. The highest BCUT2D eigenvalue weighted by Crippen LogP contribution is 2.19. The van der Waals surface area contributed by atoms with E-state index in [0.717, 1.165) is 39.0 Å². The summed E-state index contributed by atoms with van der Waals surface area (Å²) in [6, 6.07) is 2.26. The van der Waals surface area contributed by atoms with Crippen molar-refractivity contribution in [1.29, 1.82) is 0 Å². The minimum atomic E-state index is 0.0514. The molecule has 0 spiro atoms. The zero-order valence-electron chi connectivity index (χ0n) is 12.5. The summed E-state index contributed by atoms with van der Waals surface area (Å²) in [4.78, 5) is 14.6. The summed E-state index contributed by atoms with van der Waals surface area (Å²) in [6.45, 7) is 5.16. The molecule has 0 aromatic carbocycles. The van der Waals surface area contributed by atoms with Crippen molar-refractivity contribution >= 4 is 17.2 Å². The maximum absolute atomic E-state index is 12.0. The quantitative estimate of drug-likeness (QED) is 0.872. The van der Waals surface area contributed by atoms with Crippen molar-refractivity contribution in [3.8, 4) is 0 Å². The molecule has 2 aliphatic heterocycles. The maximum Gasteiger partial charge on any atom is 0.237 e. The molecule has 0 saturated carbocycles. The van der Waals surface area contributed by atoms with Crippen molar-refractivity contribution in [2.24, 2.45) is 5.92 Å². The second kappa shape index (κ2) is 7.38. The molecule has 0 bridgehead atoms. The summed E-state index contributed by atoms with van der Waals surface area (Å²) >= 11 is 1.77. The fraction of sp³-hybridized carbons (Fsp3) is 0.688. The van der Waals surface area contributed by atoms with E-state index in [4.69, 9.17) is 0 Å². The van der Waals surface area contributed by atoms with Crippen LogP contribution >= 0.6 is 11.3 Å². The van der Waals surface area contributed by atoms with Crippen LogP contribution in [0.1, 0.15) is 31.2 Å². The first-order valence-electron chi connectivity index (χ1n) is 8.06. The van der Waals surface area contributed by atoms with Gasteiger partial charge in [-0.1, -0.05) is 0 Å². The minimum Gasteiger partial charge on any atom is -0.354 e. The summed E-state index contributed by atoms with van der Waals surface area (Å²) in [5.41, 5.74) is 1.42. The lowest BCUT2D eigenvalue weighted by atomic mass is 9.97. The molecule has 4 nitrogen and oxygen atoms in total. The van der Waals surface area contributed by atoms with E-state index in [2.05, 4.69) is 32.4 Å². The van der Waals surface area contributed by atoms with Gasteiger partial charge in [0.2, 0.25) is 5.91 Å². The lowest BCUT2D eigenvalue weighted by Gasteiger charge is -2.32. The highest BCUT2D eigenvalue weighted by molar-refractivity contribution is 7.07. The number of amides is 1. The van der Waals surface area contributed by atoms with E-state index in [1.165, 1.54) is 24.9 Å². The van der Waals surface area contributed by atoms with Crippen LogP contribution in [0.5, 0.6) is 0 Å². The molecule has 1 aromatic heterocycles. The molecular formula is C16H25N3OS. The number of nitrogens with one attached hydrogen (secondary N) is 2. The fourth-order valence-corrected chi connectivity index (χ4v) is 4.04. The fourth-order valence-electron chi connectivity index (χ4n) is 3.38. The Morgan fingerprint density at radius 1 is 1.43 bits per heavy atom. The predicted molar refractivity (Wildman–Crippen MR) is 86.4 cm³/mol. The molecule has 3 rings (SSSR count). The van der Waals surface area contributed by atoms with Crippen LogP contribution in [0.2, 0.25) is 0 Å². The molecular weight excluding hydrogens is 282 g/mol. The number of piperidine rings is 1. The molecule has 2 N–H and O–H groups in total. The Kier molecular flexibility index (Phi) is 5.27. The van der Waals surface area contributed by atoms with Crippen LogP contribution in [-0.4, -0.2) is 43.0 Å². The molecule has 1 amide bonds. The first-order valence-corrected chi connectivity index (χ1v) is 9.00. The predicted octanol–water partition coefficient (Wildman–Crippen LogP) is 1.83. The van der Waals surface area contributed by atoms with Gasteiger partial charge in [0.1, 0.15) is 0 Å². The number of thiophene rings is 1. The number of hydrogen-bond acceptors (Lipinski definition) is 4. The van der Waals surface area contributed by atoms with Gasteiger partial charge in [-0.3, -0.25) is 9.69 Å². The van der Waals surface area contributed by atoms with Gasteiger partial charge in [0, 0.05) is 19.6 Å². The molecule has 2 atom stereocenters. The highest BCUT2D eigenvalue weighted by atomic mass is 32.1. The Hall–Kier alpha value is -0.910. The van der Waals surface area contributed by atoms with Gasteiger partial charge in [-0.05, 0) is 67.1 Å². The van der Waals surface area contributed by atoms with Crippen LogP contribution < -0.4 is 10.6 Å². The molecule has 1 aromatic rings. The van der Waals surface area contributed by atoms with E-state index >= 15 is 0 Å². The van der Waals surface area contributed by atoms with Crippen LogP contribution in [-0.2, 0) is 11.3 Å². The van der Waals surface area contributed by atoms with Gasteiger partial charge in [0.15, 0.2) is 0 Å². The summed E-state index contributed by atoms with van der Waals surface area (Å²) in [5, 5.41) is 10.8. The van der Waals surface area contributed by atoms with E-state index in [1.54, 1.807) is 11.3 Å². The van der Waals surface area contributed by atoms with Gasteiger partial charge in [-0.2, -0.15) is 11.3 Å². The monoisotopic (exact) mass is 307 g/mol. The molecule has 2 saturated heterocycles. The van der Waals surface area contributed by atoms with Crippen molar-refractivity contribution in [2.75, 3.05) is 26.2 Å². The van der Waals surface area contributed by atoms with Crippen LogP contribution in [0.15, 0.2) is 16.8 Å². The number of rotatable bonds is 5. The Balaban J connectivity index is 1.42. The SMILES string of the molecule is O=C(NCC1CCCN(Cc2ccsc2)C1)C1CCCN1. The molecule has 116 valence electrons. The zero-order chi connectivity index (χ0) is 14.5. The Labute approximate surface area is 130 Å². The second-order valence-corrected chi connectivity index (χ2v) is 7.05. The molecule has 0 aliphatic carbocycles. The van der Waals surface area contributed by atoms with Crippen LogP contribution in [0.3, 0.4) is 0 Å². The Bertz CT molecular complexity index is 442. The van der Waals surface area contributed by atoms with Crippen molar-refractivity contribution in [1.82, 2.24) is 15.5 Å². The topological polar surface area (TPSA) is 44.4 Å². The molecule has 5 heteroatoms. The maximum atomic E-state index is 12.0. The van der Waals surface area contributed by atoms with Crippen molar-refractivity contribution < 1.29 is 4.79 Å². The number of likely N-dealkylation sites (tertiary alicyclic amines) is 1. The molecule has 21 heavy (non-hydrogen) atoms. The number of hydrogen-bond donors (Lipinski definition) is 2. The smallest absolute Gasteiger partial charge is 0.237 e. The van der Waals surface area contributed by atoms with Gasteiger partial charge in [0.25, 0.3) is 0 Å². The summed E-state index contributed by atoms with van der Waals surface area (Å²) in [5.74, 6) is 0.796. The third-order valence-corrected chi connectivity index (χ3v) is 5.26. The van der Waals surface area contributed by atoms with Gasteiger partial charge >= 0.3 is 0 Å². The first-order chi connectivity index (χ1) is 10.3. The average molecular weight is 307 g/mol.